The van der Waals surface area contributed by atoms with E-state index in [1.807, 2.05) is 0 Å². The minimum Gasteiger partial charge on any atom is -0.302 e. The van der Waals surface area contributed by atoms with Crippen molar-refractivity contribution in [1.29, 1.82) is 0 Å². The Labute approximate surface area is 214 Å². The van der Waals surface area contributed by atoms with Crippen molar-refractivity contribution >= 4 is 50.5 Å². The zero-order chi connectivity index (χ0) is 25.4. The van der Waals surface area contributed by atoms with E-state index in [0.29, 0.717) is 27.4 Å². The summed E-state index contributed by atoms with van der Waals surface area (Å²) in [7, 11) is -4.66. The van der Waals surface area contributed by atoms with E-state index in [2.05, 4.69) is 15.2 Å². The number of alkyl halides is 3. The topological polar surface area (TPSA) is 70.6 Å². The lowest BCUT2D eigenvalue weighted by Crippen LogP contribution is -2.34. The fraction of sp³-hybridized carbons (Fsp3) is 0.174. The van der Waals surface area contributed by atoms with Crippen molar-refractivity contribution in [2.24, 2.45) is 5.10 Å². The number of halogens is 6. The molecule has 5 nitrogen and oxygen atoms in total. The van der Waals surface area contributed by atoms with E-state index in [9.17, 15) is 21.6 Å². The second kappa shape index (κ2) is 9.99. The number of hydrogen-bond donors (Lipinski definition) is 2. The Morgan fingerprint density at radius 3 is 2.29 bits per heavy atom. The van der Waals surface area contributed by atoms with Gasteiger partial charge in [-0.15, -0.1) is 0 Å². The van der Waals surface area contributed by atoms with E-state index < -0.39 is 32.7 Å². The average molecular weight is 563 g/mol. The van der Waals surface area contributed by atoms with Crippen molar-refractivity contribution < 1.29 is 21.6 Å². The maximum Gasteiger partial charge on any atom is 0.417 e. The molecule has 12 heteroatoms. The Balaban J connectivity index is 1.72. The molecule has 1 aliphatic heterocycles. The Kier molecular flexibility index (Phi) is 7.36. The van der Waals surface area contributed by atoms with Gasteiger partial charge in [0.25, 0.3) is 0 Å². The van der Waals surface area contributed by atoms with Gasteiger partial charge in [-0.25, -0.2) is 8.42 Å². The third-order valence-electron chi connectivity index (χ3n) is 5.41. The van der Waals surface area contributed by atoms with Crippen LogP contribution in [0.3, 0.4) is 0 Å². The van der Waals surface area contributed by atoms with Crippen LogP contribution in [0.1, 0.15) is 35.2 Å². The van der Waals surface area contributed by atoms with Crippen LogP contribution in [-0.2, 0) is 16.2 Å². The van der Waals surface area contributed by atoms with Crippen molar-refractivity contribution in [2.75, 3.05) is 0 Å². The largest absolute Gasteiger partial charge is 0.417 e. The number of benzene rings is 3. The lowest BCUT2D eigenvalue weighted by molar-refractivity contribution is -0.139. The quantitative estimate of drug-likeness (QED) is 0.348. The van der Waals surface area contributed by atoms with Gasteiger partial charge in [-0.2, -0.15) is 23.0 Å². The SMILES string of the molecule is O=S(=O)(NC(C1=NNC(c2ccc(Cl)cc2)C1)c1ccc(Cl)cc1Cl)c1ccccc1C(F)(F)F. The van der Waals surface area contributed by atoms with Crippen molar-refractivity contribution in [3.05, 3.63) is 98.5 Å². The third kappa shape index (κ3) is 5.76. The summed E-state index contributed by atoms with van der Waals surface area (Å²) in [6.45, 7) is 0. The molecule has 184 valence electrons. The summed E-state index contributed by atoms with van der Waals surface area (Å²) in [6, 6.07) is 13.9. The lowest BCUT2D eigenvalue weighted by atomic mass is 9.96. The predicted molar refractivity (Wildman–Crippen MR) is 130 cm³/mol. The number of hydrogen-bond acceptors (Lipinski definition) is 4. The van der Waals surface area contributed by atoms with Crippen LogP contribution in [0.15, 0.2) is 76.7 Å². The summed E-state index contributed by atoms with van der Waals surface area (Å²) in [4.78, 5) is -0.900. The molecule has 35 heavy (non-hydrogen) atoms. The first-order valence-corrected chi connectivity index (χ1v) is 12.8. The van der Waals surface area contributed by atoms with Crippen LogP contribution >= 0.6 is 34.8 Å². The summed E-state index contributed by atoms with van der Waals surface area (Å²) in [5.74, 6) is 0. The van der Waals surface area contributed by atoms with Crippen molar-refractivity contribution in [3.63, 3.8) is 0 Å². The van der Waals surface area contributed by atoms with Crippen LogP contribution in [0.25, 0.3) is 0 Å². The molecule has 0 saturated heterocycles. The molecule has 2 N–H and O–H groups in total. The minimum atomic E-state index is -4.87. The molecule has 3 aromatic carbocycles. The molecule has 0 spiro atoms. The van der Waals surface area contributed by atoms with Gasteiger partial charge in [0.2, 0.25) is 10.0 Å². The van der Waals surface area contributed by atoms with Gasteiger partial charge in [0, 0.05) is 21.5 Å². The highest BCUT2D eigenvalue weighted by Crippen LogP contribution is 2.37. The summed E-state index contributed by atoms with van der Waals surface area (Å²) in [6.07, 6.45) is -4.61. The molecular formula is C23H17Cl3F3N3O2S. The molecule has 0 aliphatic carbocycles. The normalized spacial score (nSPS) is 17.1. The Morgan fingerprint density at radius 1 is 0.971 bits per heavy atom. The Bertz CT molecular complexity index is 1380. The predicted octanol–water partition coefficient (Wildman–Crippen LogP) is 6.78. The van der Waals surface area contributed by atoms with Gasteiger partial charge >= 0.3 is 6.18 Å². The highest BCUT2D eigenvalue weighted by Gasteiger charge is 2.39. The molecule has 0 radical (unpaired) electrons. The molecule has 0 aromatic heterocycles. The molecule has 0 fully saturated rings. The molecule has 0 bridgehead atoms. The molecule has 1 aliphatic rings. The molecule has 0 saturated carbocycles. The van der Waals surface area contributed by atoms with Gasteiger partial charge in [-0.1, -0.05) is 65.1 Å². The summed E-state index contributed by atoms with van der Waals surface area (Å²) < 4.78 is 69.5. The van der Waals surface area contributed by atoms with Gasteiger partial charge in [-0.05, 0) is 47.5 Å². The highest BCUT2D eigenvalue weighted by molar-refractivity contribution is 7.89. The number of nitrogens with zero attached hydrogens (tertiary/aromatic N) is 1. The van der Waals surface area contributed by atoms with E-state index in [4.69, 9.17) is 34.8 Å². The van der Waals surface area contributed by atoms with Crippen LogP contribution in [-0.4, -0.2) is 14.1 Å². The first-order chi connectivity index (χ1) is 16.5. The van der Waals surface area contributed by atoms with Gasteiger partial charge in [-0.3, -0.25) is 0 Å². The minimum absolute atomic E-state index is 0.131. The molecule has 3 aromatic rings. The van der Waals surface area contributed by atoms with E-state index in [0.717, 1.165) is 17.7 Å². The molecule has 4 rings (SSSR count). The van der Waals surface area contributed by atoms with Crippen LogP contribution in [0.2, 0.25) is 15.1 Å². The monoisotopic (exact) mass is 561 g/mol. The standard InChI is InChI=1S/C23H17Cl3F3N3O2S/c24-14-7-5-13(6-8-14)19-12-20(31-30-19)22(16-10-9-15(25)11-18(16)26)32-35(33,34)21-4-2-1-3-17(21)23(27,28)29/h1-11,19,22,30,32H,12H2. The second-order valence-corrected chi connectivity index (χ2v) is 10.7. The van der Waals surface area contributed by atoms with Gasteiger partial charge in [0.15, 0.2) is 0 Å². The zero-order valence-electron chi connectivity index (χ0n) is 17.7. The van der Waals surface area contributed by atoms with Crippen molar-refractivity contribution in [1.82, 2.24) is 10.1 Å². The highest BCUT2D eigenvalue weighted by atomic mass is 35.5. The number of nitrogens with one attached hydrogen (secondary N) is 2. The maximum absolute atomic E-state index is 13.5. The molecule has 2 unspecified atom stereocenters. The van der Waals surface area contributed by atoms with Gasteiger partial charge in [0.1, 0.15) is 0 Å². The molecule has 2 atom stereocenters. The van der Waals surface area contributed by atoms with Crippen molar-refractivity contribution in [3.8, 4) is 0 Å². The van der Waals surface area contributed by atoms with Crippen LogP contribution < -0.4 is 10.1 Å². The van der Waals surface area contributed by atoms with E-state index >= 15 is 0 Å². The first-order valence-electron chi connectivity index (χ1n) is 10.2. The first kappa shape index (κ1) is 25.8. The molecule has 0 amide bonds. The summed E-state index contributed by atoms with van der Waals surface area (Å²) >= 11 is 18.3. The average Bonchev–Trinajstić information content (AvgIpc) is 3.28. The van der Waals surface area contributed by atoms with E-state index in [1.165, 1.54) is 24.3 Å². The van der Waals surface area contributed by atoms with E-state index in [-0.39, 0.29) is 17.5 Å². The van der Waals surface area contributed by atoms with Crippen LogP contribution in [0.4, 0.5) is 13.2 Å². The number of hydrazone groups is 1. The fourth-order valence-corrected chi connectivity index (χ4v) is 5.81. The maximum atomic E-state index is 13.5. The smallest absolute Gasteiger partial charge is 0.302 e. The Hall–Kier alpha value is -2.30. The van der Waals surface area contributed by atoms with Gasteiger partial charge in [0.05, 0.1) is 28.3 Å². The van der Waals surface area contributed by atoms with Crippen LogP contribution in [0, 0.1) is 0 Å². The number of sulfonamides is 1. The lowest BCUT2D eigenvalue weighted by Gasteiger charge is -2.22. The number of rotatable bonds is 6. The molecular weight excluding hydrogens is 546 g/mol. The Morgan fingerprint density at radius 2 is 1.63 bits per heavy atom. The van der Waals surface area contributed by atoms with Crippen LogP contribution in [0.5, 0.6) is 0 Å². The summed E-state index contributed by atoms with van der Waals surface area (Å²) in [5, 5.41) is 5.29. The fourth-order valence-electron chi connectivity index (χ4n) is 3.73. The van der Waals surface area contributed by atoms with Gasteiger partial charge < -0.3 is 5.43 Å². The zero-order valence-corrected chi connectivity index (χ0v) is 20.7. The third-order valence-corrected chi connectivity index (χ3v) is 7.71. The van der Waals surface area contributed by atoms with E-state index in [1.54, 1.807) is 24.3 Å². The second-order valence-electron chi connectivity index (χ2n) is 7.75. The van der Waals surface area contributed by atoms with Crippen molar-refractivity contribution in [2.45, 2.75) is 29.6 Å². The summed E-state index contributed by atoms with van der Waals surface area (Å²) in [5.41, 5.74) is 3.14. The molecule has 1 heterocycles.